The second kappa shape index (κ2) is 4.94. The summed E-state index contributed by atoms with van der Waals surface area (Å²) in [6.07, 6.45) is 0.0551. The number of amides is 1. The number of carbonyl (C=O) groups excluding carboxylic acids is 2. The minimum absolute atomic E-state index is 0.0551. The SMILES string of the molecule is COC(=O)C1CC(=O)N(c2cc(F)ccc2Cl)C1. The molecule has 2 rings (SSSR count). The van der Waals surface area contributed by atoms with E-state index >= 15 is 0 Å². The molecular weight excluding hydrogens is 261 g/mol. The molecule has 0 bridgehead atoms. The first-order valence-corrected chi connectivity index (χ1v) is 5.74. The van der Waals surface area contributed by atoms with Crippen LogP contribution in [0.25, 0.3) is 0 Å². The number of halogens is 2. The zero-order chi connectivity index (χ0) is 13.3. The maximum atomic E-state index is 13.2. The van der Waals surface area contributed by atoms with Crippen molar-refractivity contribution in [2.45, 2.75) is 6.42 Å². The molecule has 0 radical (unpaired) electrons. The van der Waals surface area contributed by atoms with Gasteiger partial charge in [-0.3, -0.25) is 9.59 Å². The summed E-state index contributed by atoms with van der Waals surface area (Å²) in [4.78, 5) is 24.5. The summed E-state index contributed by atoms with van der Waals surface area (Å²) >= 11 is 5.93. The van der Waals surface area contributed by atoms with E-state index in [1.807, 2.05) is 0 Å². The van der Waals surface area contributed by atoms with Gasteiger partial charge < -0.3 is 9.64 Å². The summed E-state index contributed by atoms with van der Waals surface area (Å²) in [5, 5.41) is 0.273. The lowest BCUT2D eigenvalue weighted by Gasteiger charge is -2.17. The molecule has 0 saturated carbocycles. The van der Waals surface area contributed by atoms with Gasteiger partial charge in [0.15, 0.2) is 0 Å². The van der Waals surface area contributed by atoms with Gasteiger partial charge in [0.1, 0.15) is 5.82 Å². The number of rotatable bonds is 2. The first-order chi connectivity index (χ1) is 8.52. The molecule has 0 spiro atoms. The quantitative estimate of drug-likeness (QED) is 0.773. The van der Waals surface area contributed by atoms with Crippen molar-refractivity contribution in [1.29, 1.82) is 0 Å². The van der Waals surface area contributed by atoms with Gasteiger partial charge in [0, 0.05) is 13.0 Å². The Labute approximate surface area is 108 Å². The molecule has 1 aromatic rings. The smallest absolute Gasteiger partial charge is 0.311 e. The molecule has 1 aliphatic heterocycles. The van der Waals surface area contributed by atoms with Crippen molar-refractivity contribution in [3.63, 3.8) is 0 Å². The Morgan fingerprint density at radius 2 is 2.28 bits per heavy atom. The van der Waals surface area contributed by atoms with Crippen LogP contribution in [0.2, 0.25) is 5.02 Å². The van der Waals surface area contributed by atoms with Gasteiger partial charge in [0.25, 0.3) is 0 Å². The van der Waals surface area contributed by atoms with E-state index < -0.39 is 17.7 Å². The van der Waals surface area contributed by atoms with E-state index in [-0.39, 0.29) is 29.6 Å². The maximum Gasteiger partial charge on any atom is 0.311 e. The fourth-order valence-electron chi connectivity index (χ4n) is 1.96. The molecule has 1 amide bonds. The van der Waals surface area contributed by atoms with Crippen LogP contribution < -0.4 is 4.90 Å². The molecule has 1 saturated heterocycles. The van der Waals surface area contributed by atoms with E-state index in [1.54, 1.807) is 0 Å². The maximum absolute atomic E-state index is 13.2. The normalized spacial score (nSPS) is 19.2. The van der Waals surface area contributed by atoms with Gasteiger partial charge in [0.05, 0.1) is 23.7 Å². The summed E-state index contributed by atoms with van der Waals surface area (Å²) in [5.74, 6) is -1.72. The third-order valence-corrected chi connectivity index (χ3v) is 3.18. The topological polar surface area (TPSA) is 46.6 Å². The molecular formula is C12H11ClFNO3. The highest BCUT2D eigenvalue weighted by Gasteiger charge is 2.36. The van der Waals surface area contributed by atoms with Crippen LogP contribution in [-0.2, 0) is 14.3 Å². The van der Waals surface area contributed by atoms with Crippen molar-refractivity contribution < 1.29 is 18.7 Å². The predicted octanol–water partition coefficient (Wildman–Crippen LogP) is 2.00. The molecule has 1 fully saturated rings. The van der Waals surface area contributed by atoms with E-state index in [4.69, 9.17) is 11.6 Å². The Hall–Kier alpha value is -1.62. The molecule has 1 aromatic carbocycles. The van der Waals surface area contributed by atoms with Crippen LogP contribution >= 0.6 is 11.6 Å². The van der Waals surface area contributed by atoms with Crippen LogP contribution in [0.3, 0.4) is 0 Å². The number of methoxy groups -OCH3 is 1. The lowest BCUT2D eigenvalue weighted by molar-refractivity contribution is -0.145. The van der Waals surface area contributed by atoms with E-state index in [9.17, 15) is 14.0 Å². The molecule has 1 heterocycles. The molecule has 1 unspecified atom stereocenters. The molecule has 0 N–H and O–H groups in total. The van der Waals surface area contributed by atoms with Crippen LogP contribution in [0.4, 0.5) is 10.1 Å². The van der Waals surface area contributed by atoms with Gasteiger partial charge in [-0.15, -0.1) is 0 Å². The lowest BCUT2D eigenvalue weighted by Crippen LogP contribution is -2.26. The average molecular weight is 272 g/mol. The molecule has 1 aliphatic rings. The van der Waals surface area contributed by atoms with Crippen molar-refractivity contribution in [2.24, 2.45) is 5.92 Å². The number of hydrogen-bond donors (Lipinski definition) is 0. The van der Waals surface area contributed by atoms with Gasteiger partial charge in [0.2, 0.25) is 5.91 Å². The summed E-state index contributed by atoms with van der Waals surface area (Å²) in [6, 6.07) is 3.77. The van der Waals surface area contributed by atoms with Crippen molar-refractivity contribution in [3.05, 3.63) is 29.0 Å². The number of carbonyl (C=O) groups is 2. The van der Waals surface area contributed by atoms with E-state index in [2.05, 4.69) is 4.74 Å². The van der Waals surface area contributed by atoms with Crippen molar-refractivity contribution in [2.75, 3.05) is 18.6 Å². The number of nitrogens with zero attached hydrogens (tertiary/aromatic N) is 1. The van der Waals surface area contributed by atoms with Crippen LogP contribution in [0.1, 0.15) is 6.42 Å². The fraction of sp³-hybridized carbons (Fsp3) is 0.333. The number of esters is 1. The number of ether oxygens (including phenoxy) is 1. The van der Waals surface area contributed by atoms with Crippen LogP contribution in [0, 0.1) is 11.7 Å². The van der Waals surface area contributed by atoms with Crippen molar-refractivity contribution in [1.82, 2.24) is 0 Å². The first-order valence-electron chi connectivity index (χ1n) is 5.36. The molecule has 0 aliphatic carbocycles. The molecule has 0 aromatic heterocycles. The minimum Gasteiger partial charge on any atom is -0.469 e. The molecule has 96 valence electrons. The molecule has 18 heavy (non-hydrogen) atoms. The summed E-state index contributed by atoms with van der Waals surface area (Å²) in [6.45, 7) is 0.161. The Morgan fingerprint density at radius 1 is 1.56 bits per heavy atom. The van der Waals surface area contributed by atoms with E-state index in [0.717, 1.165) is 0 Å². The van der Waals surface area contributed by atoms with Gasteiger partial charge in [-0.1, -0.05) is 11.6 Å². The summed E-state index contributed by atoms with van der Waals surface area (Å²) in [7, 11) is 1.27. The zero-order valence-electron chi connectivity index (χ0n) is 9.65. The zero-order valence-corrected chi connectivity index (χ0v) is 10.4. The lowest BCUT2D eigenvalue weighted by atomic mass is 10.1. The largest absolute Gasteiger partial charge is 0.469 e. The Bertz CT molecular complexity index is 506. The number of anilines is 1. The monoisotopic (exact) mass is 271 g/mol. The number of benzene rings is 1. The van der Waals surface area contributed by atoms with Crippen molar-refractivity contribution >= 4 is 29.2 Å². The predicted molar refractivity (Wildman–Crippen MR) is 63.9 cm³/mol. The van der Waals surface area contributed by atoms with Crippen LogP contribution in [-0.4, -0.2) is 25.5 Å². The highest BCUT2D eigenvalue weighted by atomic mass is 35.5. The number of hydrogen-bond acceptors (Lipinski definition) is 3. The molecule has 4 nitrogen and oxygen atoms in total. The molecule has 6 heteroatoms. The molecule has 1 atom stereocenters. The first kappa shape index (κ1) is 12.8. The third-order valence-electron chi connectivity index (χ3n) is 2.86. The van der Waals surface area contributed by atoms with E-state index in [1.165, 1.54) is 30.2 Å². The third kappa shape index (κ3) is 2.31. The van der Waals surface area contributed by atoms with Gasteiger partial charge in [-0.2, -0.15) is 0 Å². The second-order valence-electron chi connectivity index (χ2n) is 4.02. The van der Waals surface area contributed by atoms with E-state index in [0.29, 0.717) is 0 Å². The van der Waals surface area contributed by atoms with Gasteiger partial charge in [-0.05, 0) is 18.2 Å². The van der Waals surface area contributed by atoms with Crippen LogP contribution in [0.15, 0.2) is 18.2 Å². The Kier molecular flexibility index (Phi) is 3.52. The van der Waals surface area contributed by atoms with Crippen LogP contribution in [0.5, 0.6) is 0 Å². The highest BCUT2D eigenvalue weighted by Crippen LogP contribution is 2.32. The second-order valence-corrected chi connectivity index (χ2v) is 4.43. The van der Waals surface area contributed by atoms with Gasteiger partial charge >= 0.3 is 5.97 Å². The minimum atomic E-state index is -0.526. The fourth-order valence-corrected chi connectivity index (χ4v) is 2.18. The summed E-state index contributed by atoms with van der Waals surface area (Å²) < 4.78 is 17.8. The Morgan fingerprint density at radius 3 is 2.94 bits per heavy atom. The highest BCUT2D eigenvalue weighted by molar-refractivity contribution is 6.33. The summed E-state index contributed by atoms with van der Waals surface area (Å²) in [5.41, 5.74) is 0.285. The van der Waals surface area contributed by atoms with Gasteiger partial charge in [-0.25, -0.2) is 4.39 Å². The van der Waals surface area contributed by atoms with Crippen molar-refractivity contribution in [3.8, 4) is 0 Å². The standard InChI is InChI=1S/C12H11ClFNO3/c1-18-12(17)7-4-11(16)15(6-7)10-5-8(14)2-3-9(10)13/h2-3,5,7H,4,6H2,1H3. The Balaban J connectivity index is 2.27. The average Bonchev–Trinajstić information content (AvgIpc) is 2.73.